The summed E-state index contributed by atoms with van der Waals surface area (Å²) < 4.78 is 11.2. The summed E-state index contributed by atoms with van der Waals surface area (Å²) in [5.41, 5.74) is 0. The fraction of sp³-hybridized carbons (Fsp3) is 0.790. The van der Waals surface area contributed by atoms with Gasteiger partial charge in [-0.15, -0.1) is 0 Å². The molecule has 7 atom stereocenters. The van der Waals surface area contributed by atoms with Crippen molar-refractivity contribution in [3.63, 3.8) is 0 Å². The number of unbranched alkanes of at least 4 members (excludes halogenated alkanes) is 30. The lowest BCUT2D eigenvalue weighted by Crippen LogP contribution is -2.60. The molecular formula is C62H111NO8. The van der Waals surface area contributed by atoms with Crippen LogP contribution in [0.5, 0.6) is 0 Å². The molecule has 1 aliphatic heterocycles. The second-order valence-corrected chi connectivity index (χ2v) is 20.4. The van der Waals surface area contributed by atoms with Crippen LogP contribution in [-0.4, -0.2) is 87.5 Å². The third-order valence-electron chi connectivity index (χ3n) is 13.8. The predicted molar refractivity (Wildman–Crippen MR) is 299 cm³/mol. The Morgan fingerprint density at radius 1 is 0.493 bits per heavy atom. The molecule has 0 aromatic heterocycles. The number of aliphatic hydroxyl groups is 5. The van der Waals surface area contributed by atoms with Gasteiger partial charge in [-0.3, -0.25) is 4.79 Å². The SMILES string of the molecule is CC/C=C\C/C=C\C/C=C\C/C=C\CCCCCCCCCCCCCCCCCCCCCCCCCCC(=O)NC(COC1OC(CO)C(O)C(O)C1O)C(O)/C=C/CC/C=C/CCCCCCC. The van der Waals surface area contributed by atoms with E-state index in [4.69, 9.17) is 9.47 Å². The van der Waals surface area contributed by atoms with Gasteiger partial charge in [-0.1, -0.05) is 254 Å². The van der Waals surface area contributed by atoms with Gasteiger partial charge in [0.1, 0.15) is 24.4 Å². The molecule has 0 radical (unpaired) electrons. The molecule has 0 aliphatic carbocycles. The van der Waals surface area contributed by atoms with E-state index in [0.717, 1.165) is 64.2 Å². The molecule has 1 saturated heterocycles. The average molecular weight is 999 g/mol. The van der Waals surface area contributed by atoms with Crippen molar-refractivity contribution >= 4 is 5.91 Å². The molecule has 1 fully saturated rings. The minimum atomic E-state index is -1.57. The van der Waals surface area contributed by atoms with E-state index in [2.05, 4.69) is 79.9 Å². The van der Waals surface area contributed by atoms with Crippen molar-refractivity contribution in [2.75, 3.05) is 13.2 Å². The number of carbonyl (C=O) groups is 1. The minimum Gasteiger partial charge on any atom is -0.394 e. The zero-order chi connectivity index (χ0) is 51.5. The Bertz CT molecular complexity index is 1340. The summed E-state index contributed by atoms with van der Waals surface area (Å²) in [5.74, 6) is -0.186. The van der Waals surface area contributed by atoms with Gasteiger partial charge < -0.3 is 40.3 Å². The van der Waals surface area contributed by atoms with Crippen molar-refractivity contribution < 1.29 is 39.8 Å². The Balaban J connectivity index is 2.05. The molecule has 1 rings (SSSR count). The highest BCUT2D eigenvalue weighted by Gasteiger charge is 2.44. The molecular weight excluding hydrogens is 887 g/mol. The van der Waals surface area contributed by atoms with Crippen LogP contribution in [0.1, 0.15) is 258 Å². The largest absolute Gasteiger partial charge is 0.394 e. The highest BCUT2D eigenvalue weighted by atomic mass is 16.7. The van der Waals surface area contributed by atoms with Crippen LogP contribution in [0.3, 0.4) is 0 Å². The summed E-state index contributed by atoms with van der Waals surface area (Å²) in [4.78, 5) is 13.0. The zero-order valence-corrected chi connectivity index (χ0v) is 45.7. The van der Waals surface area contributed by atoms with Gasteiger partial charge in [-0.05, 0) is 70.6 Å². The second kappa shape index (κ2) is 51.1. The van der Waals surface area contributed by atoms with E-state index in [9.17, 15) is 30.3 Å². The lowest BCUT2D eigenvalue weighted by atomic mass is 9.99. The molecule has 0 aromatic rings. The van der Waals surface area contributed by atoms with Crippen LogP contribution in [0.15, 0.2) is 72.9 Å². The molecule has 1 heterocycles. The summed E-state index contributed by atoms with van der Waals surface area (Å²) >= 11 is 0. The van der Waals surface area contributed by atoms with Gasteiger partial charge in [0.25, 0.3) is 0 Å². The van der Waals surface area contributed by atoms with E-state index in [1.807, 2.05) is 6.08 Å². The second-order valence-electron chi connectivity index (χ2n) is 20.4. The zero-order valence-electron chi connectivity index (χ0n) is 45.7. The average Bonchev–Trinajstić information content (AvgIpc) is 3.37. The normalized spacial score (nSPS) is 19.8. The van der Waals surface area contributed by atoms with Crippen LogP contribution in [0.2, 0.25) is 0 Å². The van der Waals surface area contributed by atoms with Gasteiger partial charge in [0.05, 0.1) is 25.4 Å². The first kappa shape index (κ1) is 66.6. The monoisotopic (exact) mass is 998 g/mol. The van der Waals surface area contributed by atoms with Gasteiger partial charge in [-0.2, -0.15) is 0 Å². The Morgan fingerprint density at radius 3 is 1.35 bits per heavy atom. The summed E-state index contributed by atoms with van der Waals surface area (Å²) in [6, 6.07) is -0.820. The molecule has 0 spiro atoms. The van der Waals surface area contributed by atoms with E-state index in [-0.39, 0.29) is 12.5 Å². The van der Waals surface area contributed by atoms with Crippen LogP contribution in [0.4, 0.5) is 0 Å². The number of amides is 1. The third kappa shape index (κ3) is 40.7. The van der Waals surface area contributed by atoms with Crippen molar-refractivity contribution in [3.05, 3.63) is 72.9 Å². The van der Waals surface area contributed by atoms with Gasteiger partial charge >= 0.3 is 0 Å². The van der Waals surface area contributed by atoms with Crippen molar-refractivity contribution in [1.29, 1.82) is 0 Å². The lowest BCUT2D eigenvalue weighted by Gasteiger charge is -2.40. The maximum absolute atomic E-state index is 13.0. The van der Waals surface area contributed by atoms with Crippen molar-refractivity contribution in [1.82, 2.24) is 5.32 Å². The molecule has 6 N–H and O–H groups in total. The van der Waals surface area contributed by atoms with Crippen LogP contribution in [-0.2, 0) is 14.3 Å². The summed E-state index contributed by atoms with van der Waals surface area (Å²) in [6.07, 6.45) is 64.4. The van der Waals surface area contributed by atoms with Gasteiger partial charge in [-0.25, -0.2) is 0 Å². The fourth-order valence-corrected chi connectivity index (χ4v) is 9.11. The molecule has 1 amide bonds. The molecule has 9 heteroatoms. The number of hydrogen-bond acceptors (Lipinski definition) is 8. The van der Waals surface area contributed by atoms with E-state index in [1.54, 1.807) is 6.08 Å². The third-order valence-corrected chi connectivity index (χ3v) is 13.8. The molecule has 71 heavy (non-hydrogen) atoms. The van der Waals surface area contributed by atoms with Crippen molar-refractivity contribution in [2.45, 2.75) is 301 Å². The number of carbonyl (C=O) groups excluding carboxylic acids is 1. The Hall–Kier alpha value is -2.37. The fourth-order valence-electron chi connectivity index (χ4n) is 9.11. The Morgan fingerprint density at radius 2 is 0.887 bits per heavy atom. The van der Waals surface area contributed by atoms with Crippen molar-refractivity contribution in [3.8, 4) is 0 Å². The minimum absolute atomic E-state index is 0.186. The van der Waals surface area contributed by atoms with Crippen LogP contribution in [0.25, 0.3) is 0 Å². The highest BCUT2D eigenvalue weighted by Crippen LogP contribution is 2.23. The molecule has 0 saturated carbocycles. The number of rotatable bonds is 50. The number of allylic oxidation sites excluding steroid dienone is 11. The maximum atomic E-state index is 13.0. The first-order valence-electron chi connectivity index (χ1n) is 29.7. The van der Waals surface area contributed by atoms with Crippen LogP contribution >= 0.6 is 0 Å². The predicted octanol–water partition coefficient (Wildman–Crippen LogP) is 14.8. The smallest absolute Gasteiger partial charge is 0.220 e. The van der Waals surface area contributed by atoms with Gasteiger partial charge in [0.15, 0.2) is 6.29 Å². The van der Waals surface area contributed by atoms with E-state index in [0.29, 0.717) is 6.42 Å². The summed E-state index contributed by atoms with van der Waals surface area (Å²) in [6.45, 7) is 3.63. The molecule has 412 valence electrons. The first-order valence-corrected chi connectivity index (χ1v) is 29.7. The standard InChI is InChI=1S/C62H111NO8/c1-3-5-7-9-11-13-15-16-17-18-19-20-21-22-23-24-25-26-27-28-29-30-31-32-33-34-35-36-37-38-39-40-42-44-46-48-50-52-58(66)63-55(54-70-62-61(69)60(68)59(67)57(53-64)71-62)56(65)51-49-47-45-43-41-14-12-10-8-6-4-2/h5,7,11,13,16-17,19-20,41,43,49,51,55-57,59-62,64-65,67-69H,3-4,6,8-10,12,14-15,18,21-40,42,44-48,50,52-54H2,1-2H3,(H,63,66)/b7-5-,13-11-,17-16-,20-19-,43-41+,51-49+. The van der Waals surface area contributed by atoms with E-state index in [1.165, 1.54) is 173 Å². The van der Waals surface area contributed by atoms with Crippen molar-refractivity contribution in [2.24, 2.45) is 0 Å². The van der Waals surface area contributed by atoms with E-state index >= 15 is 0 Å². The van der Waals surface area contributed by atoms with Crippen LogP contribution < -0.4 is 5.32 Å². The molecule has 0 bridgehead atoms. The maximum Gasteiger partial charge on any atom is 0.220 e. The summed E-state index contributed by atoms with van der Waals surface area (Å²) in [7, 11) is 0. The molecule has 7 unspecified atom stereocenters. The van der Waals surface area contributed by atoms with Gasteiger partial charge in [0.2, 0.25) is 5.91 Å². The first-order chi connectivity index (χ1) is 34.8. The molecule has 9 nitrogen and oxygen atoms in total. The topological polar surface area (TPSA) is 149 Å². The number of hydrogen-bond donors (Lipinski definition) is 6. The lowest BCUT2D eigenvalue weighted by molar-refractivity contribution is -0.302. The quantitative estimate of drug-likeness (QED) is 0.0261. The Labute approximate surface area is 436 Å². The highest BCUT2D eigenvalue weighted by molar-refractivity contribution is 5.76. The number of nitrogens with one attached hydrogen (secondary N) is 1. The number of aliphatic hydroxyl groups excluding tert-OH is 5. The molecule has 1 aliphatic rings. The Kier molecular flexibility index (Phi) is 48.0. The van der Waals surface area contributed by atoms with E-state index < -0.39 is 49.5 Å². The summed E-state index contributed by atoms with van der Waals surface area (Å²) in [5, 5.41) is 54.3. The van der Waals surface area contributed by atoms with Gasteiger partial charge in [0, 0.05) is 6.42 Å². The van der Waals surface area contributed by atoms with Crippen LogP contribution in [0, 0.1) is 0 Å². The molecule has 0 aromatic carbocycles. The number of ether oxygens (including phenoxy) is 2.